The van der Waals surface area contributed by atoms with Crippen LogP contribution in [-0.2, 0) is 20.8 Å². The number of nitrogens with zero attached hydrogens (tertiary/aromatic N) is 3. The second-order valence-corrected chi connectivity index (χ2v) is 11.2. The lowest BCUT2D eigenvalue weighted by Gasteiger charge is -2.50. The molecule has 2 fully saturated rings. The molecule has 3 amide bonds. The normalized spacial score (nSPS) is 28.8. The highest BCUT2D eigenvalue weighted by Crippen LogP contribution is 2.53. The number of rotatable bonds is 3. The molecule has 1 aromatic rings. The Kier molecular flexibility index (Phi) is 6.63. The van der Waals surface area contributed by atoms with Crippen LogP contribution in [0.15, 0.2) is 29.0 Å². The molecule has 214 valence electrons. The quantitative estimate of drug-likeness (QED) is 0.214. The summed E-state index contributed by atoms with van der Waals surface area (Å²) in [7, 11) is 5.04. The van der Waals surface area contributed by atoms with Crippen molar-refractivity contribution in [3.8, 4) is 5.75 Å². The monoisotopic (exact) mass is 555 g/mol. The van der Waals surface area contributed by atoms with Gasteiger partial charge in [0, 0.05) is 37.7 Å². The van der Waals surface area contributed by atoms with Gasteiger partial charge in [-0.25, -0.2) is 4.79 Å². The molecule has 0 aromatic heterocycles. The third-order valence-corrected chi connectivity index (χ3v) is 8.63. The number of aromatic hydroxyl groups is 1. The van der Waals surface area contributed by atoms with Crippen LogP contribution >= 0.6 is 0 Å². The van der Waals surface area contributed by atoms with Crippen LogP contribution in [0.1, 0.15) is 17.5 Å². The van der Waals surface area contributed by atoms with Gasteiger partial charge in [0.05, 0.1) is 17.3 Å². The lowest BCUT2D eigenvalue weighted by Crippen LogP contribution is -2.65. The smallest absolute Gasteiger partial charge is 0.322 e. The van der Waals surface area contributed by atoms with Crippen molar-refractivity contribution in [2.45, 2.75) is 24.5 Å². The van der Waals surface area contributed by atoms with E-state index in [2.05, 4.69) is 10.2 Å². The van der Waals surface area contributed by atoms with E-state index in [1.54, 1.807) is 25.1 Å². The number of fused-ring (bicyclic) bond motifs is 3. The largest absolute Gasteiger partial charge is 0.508 e. The molecule has 1 saturated carbocycles. The first-order valence-corrected chi connectivity index (χ1v) is 13.0. The molecule has 0 radical (unpaired) electrons. The van der Waals surface area contributed by atoms with Crippen molar-refractivity contribution >= 4 is 35.0 Å². The van der Waals surface area contributed by atoms with Gasteiger partial charge in [-0.15, -0.1) is 0 Å². The predicted molar refractivity (Wildman–Crippen MR) is 142 cm³/mol. The maximum absolute atomic E-state index is 13.9. The molecule has 3 aliphatic carbocycles. The van der Waals surface area contributed by atoms with Crippen molar-refractivity contribution in [3.05, 3.63) is 40.2 Å². The third kappa shape index (κ3) is 3.95. The molecule has 5 rings (SSSR count). The molecule has 7 N–H and O–H groups in total. The van der Waals surface area contributed by atoms with Crippen LogP contribution in [-0.4, -0.2) is 118 Å². The number of Topliss-reactive ketones (excluding diaryl/α,β-unsaturated/α-hetero) is 2. The Bertz CT molecular complexity index is 1390. The summed E-state index contributed by atoms with van der Waals surface area (Å²) >= 11 is 0. The SMILES string of the molecule is CN1CCN(C(=O)Nc2ccc3c(c2O)C(O)=C2C(=O)[C@]4(O)C(O)=C(C(N)=O)C(=O)[C@@H](N(C)C)C4CC2C3)CC1. The number of piperazine rings is 1. The first-order valence-electron chi connectivity index (χ1n) is 13.0. The number of amides is 3. The van der Waals surface area contributed by atoms with Crippen LogP contribution < -0.4 is 11.1 Å². The molecule has 1 aromatic carbocycles. The number of likely N-dealkylation sites (N-methyl/N-ethyl adjacent to an activating group) is 2. The van der Waals surface area contributed by atoms with Gasteiger partial charge in [-0.05, 0) is 51.5 Å². The fourth-order valence-electron chi connectivity index (χ4n) is 6.52. The maximum Gasteiger partial charge on any atom is 0.322 e. The fraction of sp³-hybridized carbons (Fsp3) is 0.481. The minimum Gasteiger partial charge on any atom is -0.508 e. The second-order valence-electron chi connectivity index (χ2n) is 11.2. The average molecular weight is 556 g/mol. The van der Waals surface area contributed by atoms with Crippen LogP contribution in [0, 0.1) is 11.8 Å². The van der Waals surface area contributed by atoms with Gasteiger partial charge in [0.2, 0.25) is 5.78 Å². The summed E-state index contributed by atoms with van der Waals surface area (Å²) in [5.74, 6) is -7.17. The molecule has 0 spiro atoms. The van der Waals surface area contributed by atoms with Crippen molar-refractivity contribution in [2.24, 2.45) is 17.6 Å². The molecule has 1 aliphatic heterocycles. The second kappa shape index (κ2) is 9.61. The van der Waals surface area contributed by atoms with E-state index in [1.807, 2.05) is 7.05 Å². The van der Waals surface area contributed by atoms with Crippen LogP contribution in [0.2, 0.25) is 0 Å². The van der Waals surface area contributed by atoms with Gasteiger partial charge in [0.1, 0.15) is 22.8 Å². The summed E-state index contributed by atoms with van der Waals surface area (Å²) < 4.78 is 0. The van der Waals surface area contributed by atoms with Crippen molar-refractivity contribution in [2.75, 3.05) is 52.6 Å². The number of ketones is 2. The van der Waals surface area contributed by atoms with E-state index in [4.69, 9.17) is 5.73 Å². The number of nitrogens with two attached hydrogens (primary N) is 1. The molecule has 1 heterocycles. The molecular weight excluding hydrogens is 522 g/mol. The number of nitrogens with one attached hydrogen (secondary N) is 1. The standard InChI is InChI=1S/C27H33N5O8/c1-30(2)19-14-11-13-10-12-4-5-15(29-26(39)32-8-6-31(3)7-9-32)20(33)16(12)21(34)17(13)23(36)27(14,40)24(37)18(22(19)35)25(28)38/h4-5,13-14,19,33-34,37,40H,6-11H2,1-3H3,(H2,28,38)(H,29,39)/t13?,14?,19-,27-/m0/s1. The first kappa shape index (κ1) is 27.6. The summed E-state index contributed by atoms with van der Waals surface area (Å²) in [6, 6.07) is 1.58. The number of phenols is 1. The Morgan fingerprint density at radius 1 is 1.10 bits per heavy atom. The highest BCUT2D eigenvalue weighted by molar-refractivity contribution is 6.24. The summed E-state index contributed by atoms with van der Waals surface area (Å²) in [6.07, 6.45) is 0.184. The summed E-state index contributed by atoms with van der Waals surface area (Å²) in [6.45, 7) is 2.39. The van der Waals surface area contributed by atoms with Crippen LogP contribution in [0.4, 0.5) is 10.5 Å². The maximum atomic E-state index is 13.9. The number of phenolic OH excluding ortho intramolecular Hbond substituents is 1. The number of hydrogen-bond donors (Lipinski definition) is 6. The Hall–Kier alpha value is -3.94. The van der Waals surface area contributed by atoms with E-state index in [1.165, 1.54) is 11.0 Å². The van der Waals surface area contributed by atoms with Crippen molar-refractivity contribution in [3.63, 3.8) is 0 Å². The van der Waals surface area contributed by atoms with Crippen LogP contribution in [0.25, 0.3) is 5.76 Å². The zero-order valence-electron chi connectivity index (χ0n) is 22.5. The Labute approximate surface area is 230 Å². The van der Waals surface area contributed by atoms with Crippen LogP contribution in [0.3, 0.4) is 0 Å². The molecule has 2 unspecified atom stereocenters. The van der Waals surface area contributed by atoms with Gasteiger partial charge in [-0.2, -0.15) is 0 Å². The van der Waals surface area contributed by atoms with Gasteiger partial charge in [-0.3, -0.25) is 19.3 Å². The fourth-order valence-corrected chi connectivity index (χ4v) is 6.52. The third-order valence-electron chi connectivity index (χ3n) is 8.63. The zero-order valence-corrected chi connectivity index (χ0v) is 22.5. The highest BCUT2D eigenvalue weighted by atomic mass is 16.3. The van der Waals surface area contributed by atoms with E-state index in [9.17, 15) is 39.6 Å². The number of anilines is 1. The van der Waals surface area contributed by atoms with Gasteiger partial charge in [0.25, 0.3) is 5.91 Å². The topological polar surface area (TPSA) is 197 Å². The molecule has 4 atom stereocenters. The summed E-state index contributed by atoms with van der Waals surface area (Å²) in [5, 5.41) is 47.7. The number of primary amides is 1. The molecule has 4 aliphatic rings. The molecule has 1 saturated heterocycles. The lowest BCUT2D eigenvalue weighted by atomic mass is 9.57. The minimum absolute atomic E-state index is 0.00835. The summed E-state index contributed by atoms with van der Waals surface area (Å²) in [4.78, 5) is 57.1. The van der Waals surface area contributed by atoms with E-state index in [0.717, 1.165) is 0 Å². The number of aliphatic hydroxyl groups is 3. The Morgan fingerprint density at radius 2 is 1.75 bits per heavy atom. The molecule has 13 heteroatoms. The van der Waals surface area contributed by atoms with E-state index < -0.39 is 69.8 Å². The lowest BCUT2D eigenvalue weighted by molar-refractivity contribution is -0.153. The van der Waals surface area contributed by atoms with E-state index in [0.29, 0.717) is 31.7 Å². The number of carbonyl (C=O) groups excluding carboxylic acids is 4. The number of hydrogen-bond acceptors (Lipinski definition) is 10. The van der Waals surface area contributed by atoms with E-state index >= 15 is 0 Å². The van der Waals surface area contributed by atoms with Gasteiger partial charge >= 0.3 is 6.03 Å². The van der Waals surface area contributed by atoms with E-state index in [-0.39, 0.29) is 29.7 Å². The number of carbonyl (C=O) groups is 4. The number of urea groups is 1. The minimum atomic E-state index is -2.70. The number of benzene rings is 1. The molecule has 0 bridgehead atoms. The Morgan fingerprint density at radius 3 is 2.35 bits per heavy atom. The average Bonchev–Trinajstić information content (AvgIpc) is 2.87. The molecule has 13 nitrogen and oxygen atoms in total. The Balaban J connectivity index is 1.56. The highest BCUT2D eigenvalue weighted by Gasteiger charge is 2.64. The number of aliphatic hydroxyl groups excluding tert-OH is 2. The zero-order chi connectivity index (χ0) is 29.3. The van der Waals surface area contributed by atoms with Crippen molar-refractivity contribution < 1.29 is 39.6 Å². The predicted octanol–water partition coefficient (Wildman–Crippen LogP) is -0.257. The van der Waals surface area contributed by atoms with Gasteiger partial charge in [-0.1, -0.05) is 6.07 Å². The first-order chi connectivity index (χ1) is 18.8. The van der Waals surface area contributed by atoms with Gasteiger partial charge in [0.15, 0.2) is 11.4 Å². The molecule has 40 heavy (non-hydrogen) atoms. The summed E-state index contributed by atoms with van der Waals surface area (Å²) in [5.41, 5.74) is 1.99. The van der Waals surface area contributed by atoms with Gasteiger partial charge < -0.3 is 41.3 Å². The van der Waals surface area contributed by atoms with Crippen LogP contribution in [0.5, 0.6) is 5.75 Å². The molecular formula is C27H33N5O8. The van der Waals surface area contributed by atoms with Crippen molar-refractivity contribution in [1.82, 2.24) is 14.7 Å². The van der Waals surface area contributed by atoms with Crippen molar-refractivity contribution in [1.29, 1.82) is 0 Å².